The van der Waals surface area contributed by atoms with Gasteiger partial charge in [-0.3, -0.25) is 4.79 Å². The molecule has 3 atom stereocenters. The van der Waals surface area contributed by atoms with E-state index >= 15 is 0 Å². The van der Waals surface area contributed by atoms with Crippen molar-refractivity contribution < 1.29 is 9.53 Å². The minimum Gasteiger partial charge on any atom is -0.377 e. The molecule has 0 bridgehead atoms. The third kappa shape index (κ3) is 2.92. The molecule has 4 heteroatoms. The van der Waals surface area contributed by atoms with Gasteiger partial charge < -0.3 is 15.4 Å². The predicted molar refractivity (Wildman–Crippen MR) is 59.4 cm³/mol. The summed E-state index contributed by atoms with van der Waals surface area (Å²) in [5.41, 5.74) is 5.93. The Bertz CT molecular complexity index is 221. The lowest BCUT2D eigenvalue weighted by atomic mass is 9.98. The van der Waals surface area contributed by atoms with Gasteiger partial charge in [-0.1, -0.05) is 20.3 Å². The summed E-state index contributed by atoms with van der Waals surface area (Å²) in [6, 6.07) is -0.211. The fraction of sp³-hybridized carbons (Fsp3) is 0.909. The van der Waals surface area contributed by atoms with Gasteiger partial charge in [-0.2, -0.15) is 0 Å². The standard InChI is InChI=1S/C11H22N2O2/c1-4-8(2)10(12)11(14)13-5-6-15-7-9(13)3/h8-10H,4-7,12H2,1-3H3/t8?,9-,10+/m1/s1. The Labute approximate surface area is 91.8 Å². The number of carbonyl (C=O) groups excluding carboxylic acids is 1. The second-order valence-corrected chi connectivity index (χ2v) is 4.37. The number of rotatable bonds is 3. The molecule has 0 aromatic heterocycles. The van der Waals surface area contributed by atoms with Crippen molar-refractivity contribution in [2.24, 2.45) is 11.7 Å². The van der Waals surface area contributed by atoms with E-state index in [0.717, 1.165) is 6.42 Å². The number of amides is 1. The van der Waals surface area contributed by atoms with Crippen molar-refractivity contribution >= 4 is 5.91 Å². The predicted octanol–water partition coefficient (Wildman–Crippen LogP) is 0.607. The van der Waals surface area contributed by atoms with E-state index in [4.69, 9.17) is 10.5 Å². The van der Waals surface area contributed by atoms with Gasteiger partial charge >= 0.3 is 0 Å². The second-order valence-electron chi connectivity index (χ2n) is 4.37. The molecule has 1 amide bonds. The lowest BCUT2D eigenvalue weighted by molar-refractivity contribution is -0.141. The topological polar surface area (TPSA) is 55.6 Å². The first-order valence-electron chi connectivity index (χ1n) is 5.71. The number of nitrogens with two attached hydrogens (primary N) is 1. The zero-order chi connectivity index (χ0) is 11.4. The molecule has 0 aromatic rings. The molecule has 1 heterocycles. The summed E-state index contributed by atoms with van der Waals surface area (Å²) in [7, 11) is 0. The number of hydrogen-bond acceptors (Lipinski definition) is 3. The van der Waals surface area contributed by atoms with E-state index in [1.165, 1.54) is 0 Å². The fourth-order valence-corrected chi connectivity index (χ4v) is 1.74. The number of morpholine rings is 1. The maximum absolute atomic E-state index is 12.1. The molecule has 1 aliphatic rings. The van der Waals surface area contributed by atoms with E-state index in [1.54, 1.807) is 0 Å². The zero-order valence-corrected chi connectivity index (χ0v) is 9.90. The number of nitrogens with zero attached hydrogens (tertiary/aromatic N) is 1. The molecule has 88 valence electrons. The van der Waals surface area contributed by atoms with Gasteiger partial charge in [0.15, 0.2) is 0 Å². The van der Waals surface area contributed by atoms with Gasteiger partial charge in [0.2, 0.25) is 5.91 Å². The van der Waals surface area contributed by atoms with Crippen molar-refractivity contribution in [2.45, 2.75) is 39.3 Å². The highest BCUT2D eigenvalue weighted by Gasteiger charge is 2.29. The normalized spacial score (nSPS) is 26.1. The molecule has 1 rings (SSSR count). The maximum atomic E-state index is 12.1. The van der Waals surface area contributed by atoms with Crippen molar-refractivity contribution in [1.29, 1.82) is 0 Å². The van der Waals surface area contributed by atoms with Crippen LogP contribution in [-0.4, -0.2) is 42.6 Å². The van der Waals surface area contributed by atoms with Crippen molar-refractivity contribution in [3.05, 3.63) is 0 Å². The first kappa shape index (κ1) is 12.5. The molecule has 0 radical (unpaired) electrons. The summed E-state index contributed by atoms with van der Waals surface area (Å²) >= 11 is 0. The summed E-state index contributed by atoms with van der Waals surface area (Å²) in [6.45, 7) is 8.00. The van der Waals surface area contributed by atoms with Gasteiger partial charge in [0.1, 0.15) is 0 Å². The zero-order valence-electron chi connectivity index (χ0n) is 9.90. The first-order valence-corrected chi connectivity index (χ1v) is 5.71. The van der Waals surface area contributed by atoms with E-state index in [-0.39, 0.29) is 23.9 Å². The van der Waals surface area contributed by atoms with Crippen LogP contribution in [0.25, 0.3) is 0 Å². The van der Waals surface area contributed by atoms with Crippen LogP contribution < -0.4 is 5.73 Å². The van der Waals surface area contributed by atoms with Crippen LogP contribution in [0.1, 0.15) is 27.2 Å². The van der Waals surface area contributed by atoms with Crippen LogP contribution in [0.5, 0.6) is 0 Å². The van der Waals surface area contributed by atoms with E-state index < -0.39 is 0 Å². The van der Waals surface area contributed by atoms with Gasteiger partial charge in [0.05, 0.1) is 25.3 Å². The average Bonchev–Trinajstić information content (AvgIpc) is 2.26. The molecular weight excluding hydrogens is 192 g/mol. The van der Waals surface area contributed by atoms with E-state index in [9.17, 15) is 4.79 Å². The van der Waals surface area contributed by atoms with Crippen LogP contribution in [0.4, 0.5) is 0 Å². The Kier molecular flexibility index (Phi) is 4.54. The number of hydrogen-bond donors (Lipinski definition) is 1. The van der Waals surface area contributed by atoms with Crippen LogP contribution in [0.3, 0.4) is 0 Å². The van der Waals surface area contributed by atoms with Crippen LogP contribution in [0.2, 0.25) is 0 Å². The molecular formula is C11H22N2O2. The molecule has 0 aliphatic carbocycles. The van der Waals surface area contributed by atoms with Crippen LogP contribution in [-0.2, 0) is 9.53 Å². The Hall–Kier alpha value is -0.610. The van der Waals surface area contributed by atoms with Gasteiger partial charge in [0.25, 0.3) is 0 Å². The fourth-order valence-electron chi connectivity index (χ4n) is 1.74. The SMILES string of the molecule is CCC(C)[C@H](N)C(=O)N1CCOC[C@H]1C. The van der Waals surface area contributed by atoms with Crippen LogP contribution in [0.15, 0.2) is 0 Å². The third-order valence-electron chi connectivity index (χ3n) is 3.19. The third-order valence-corrected chi connectivity index (χ3v) is 3.19. The van der Waals surface area contributed by atoms with E-state index in [1.807, 2.05) is 18.7 Å². The monoisotopic (exact) mass is 214 g/mol. The lowest BCUT2D eigenvalue weighted by Crippen LogP contribution is -2.54. The molecule has 0 saturated carbocycles. The Morgan fingerprint density at radius 3 is 2.87 bits per heavy atom. The maximum Gasteiger partial charge on any atom is 0.240 e. The van der Waals surface area contributed by atoms with E-state index in [0.29, 0.717) is 19.8 Å². The molecule has 1 aliphatic heterocycles. The summed E-state index contributed by atoms with van der Waals surface area (Å²) < 4.78 is 5.29. The summed E-state index contributed by atoms with van der Waals surface area (Å²) in [5.74, 6) is 0.313. The minimum absolute atomic E-state index is 0.0696. The van der Waals surface area contributed by atoms with Crippen LogP contribution >= 0.6 is 0 Å². The molecule has 1 unspecified atom stereocenters. The Morgan fingerprint density at radius 2 is 2.33 bits per heavy atom. The highest BCUT2D eigenvalue weighted by molar-refractivity contribution is 5.82. The molecule has 15 heavy (non-hydrogen) atoms. The van der Waals surface area contributed by atoms with Gasteiger partial charge in [0, 0.05) is 6.54 Å². The number of ether oxygens (including phenoxy) is 1. The van der Waals surface area contributed by atoms with Crippen molar-refractivity contribution in [3.8, 4) is 0 Å². The second kappa shape index (κ2) is 5.47. The van der Waals surface area contributed by atoms with Gasteiger partial charge in [-0.15, -0.1) is 0 Å². The van der Waals surface area contributed by atoms with Crippen molar-refractivity contribution in [2.75, 3.05) is 19.8 Å². The van der Waals surface area contributed by atoms with E-state index in [2.05, 4.69) is 6.92 Å². The Morgan fingerprint density at radius 1 is 1.67 bits per heavy atom. The summed E-state index contributed by atoms with van der Waals surface area (Å²) in [6.07, 6.45) is 0.936. The smallest absolute Gasteiger partial charge is 0.240 e. The van der Waals surface area contributed by atoms with Crippen molar-refractivity contribution in [1.82, 2.24) is 4.90 Å². The van der Waals surface area contributed by atoms with Crippen LogP contribution in [0, 0.1) is 5.92 Å². The quantitative estimate of drug-likeness (QED) is 0.749. The number of carbonyl (C=O) groups is 1. The molecule has 4 nitrogen and oxygen atoms in total. The largest absolute Gasteiger partial charge is 0.377 e. The highest BCUT2D eigenvalue weighted by atomic mass is 16.5. The first-order chi connectivity index (χ1) is 7.07. The minimum atomic E-state index is -0.365. The van der Waals surface area contributed by atoms with Crippen molar-refractivity contribution in [3.63, 3.8) is 0 Å². The summed E-state index contributed by atoms with van der Waals surface area (Å²) in [5, 5.41) is 0. The molecule has 0 spiro atoms. The lowest BCUT2D eigenvalue weighted by Gasteiger charge is -2.36. The van der Waals surface area contributed by atoms with Gasteiger partial charge in [-0.25, -0.2) is 0 Å². The highest BCUT2D eigenvalue weighted by Crippen LogP contribution is 2.13. The molecule has 0 aromatic carbocycles. The molecule has 1 saturated heterocycles. The molecule has 2 N–H and O–H groups in total. The summed E-state index contributed by atoms with van der Waals surface area (Å²) in [4.78, 5) is 13.9. The van der Waals surface area contributed by atoms with Gasteiger partial charge in [-0.05, 0) is 12.8 Å². The average molecular weight is 214 g/mol. The Balaban J connectivity index is 2.57. The molecule has 1 fully saturated rings.